The van der Waals surface area contributed by atoms with Gasteiger partial charge in [0, 0.05) is 7.05 Å². The predicted octanol–water partition coefficient (Wildman–Crippen LogP) is 4.16. The zero-order chi connectivity index (χ0) is 18.4. The molecule has 0 saturated carbocycles. The van der Waals surface area contributed by atoms with Crippen molar-refractivity contribution in [2.24, 2.45) is 5.10 Å². The van der Waals surface area contributed by atoms with E-state index in [9.17, 15) is 10.2 Å². The average Bonchev–Trinajstić information content (AvgIpc) is 2.62. The molecule has 134 valence electrons. The Labute approximate surface area is 154 Å². The minimum Gasteiger partial charge on any atom is -0.508 e. The van der Waals surface area contributed by atoms with E-state index in [0.29, 0.717) is 5.75 Å². The van der Waals surface area contributed by atoms with Gasteiger partial charge in [-0.05, 0) is 67.4 Å². The second kappa shape index (κ2) is 8.37. The molecule has 0 aromatic heterocycles. The largest absolute Gasteiger partial charge is 0.508 e. The molecule has 2 atom stereocenters. The number of hydrogen-bond donors (Lipinski definition) is 2. The summed E-state index contributed by atoms with van der Waals surface area (Å²) < 4.78 is 7.93. The van der Waals surface area contributed by atoms with Gasteiger partial charge in [0.05, 0.1) is 13.1 Å². The summed E-state index contributed by atoms with van der Waals surface area (Å²) in [6, 6.07) is 13.4. The molecule has 0 spiro atoms. The average molecular weight is 378 g/mol. The molecule has 0 aliphatic rings. The van der Waals surface area contributed by atoms with E-state index in [-0.39, 0.29) is 11.5 Å². The van der Waals surface area contributed by atoms with Gasteiger partial charge in [-0.15, -0.1) is 0 Å². The summed E-state index contributed by atoms with van der Waals surface area (Å²) in [7, 11) is 1.85. The van der Waals surface area contributed by atoms with E-state index in [4.69, 9.17) is 16.5 Å². The van der Waals surface area contributed by atoms with Crippen LogP contribution in [-0.2, 0) is 11.8 Å². The Bertz CT molecular complexity index is 750. The number of phenols is 2. The molecule has 0 heterocycles. The van der Waals surface area contributed by atoms with E-state index >= 15 is 0 Å². The van der Waals surface area contributed by atoms with Crippen LogP contribution in [0.4, 0.5) is 0 Å². The third-order valence-corrected chi connectivity index (χ3v) is 8.03. The summed E-state index contributed by atoms with van der Waals surface area (Å²) in [5.41, 5.74) is 0.882. The highest BCUT2D eigenvalue weighted by atomic mass is 32.4. The number of hydrogen-bond acceptors (Lipinski definition) is 5. The lowest BCUT2D eigenvalue weighted by Crippen LogP contribution is -2.30. The molecule has 0 radical (unpaired) electrons. The van der Waals surface area contributed by atoms with Crippen molar-refractivity contribution in [3.05, 3.63) is 54.1 Å². The Kier molecular flexibility index (Phi) is 6.45. The summed E-state index contributed by atoms with van der Waals surface area (Å²) in [5, 5.41) is 22.6. The molecule has 2 N–H and O–H groups in total. The zero-order valence-corrected chi connectivity index (χ0v) is 16.3. The van der Waals surface area contributed by atoms with Crippen LogP contribution in [0.25, 0.3) is 0 Å². The Morgan fingerprint density at radius 2 is 1.64 bits per heavy atom. The summed E-state index contributed by atoms with van der Waals surface area (Å²) in [6.45, 7) is 2.47. The van der Waals surface area contributed by atoms with Gasteiger partial charge in [-0.3, -0.25) is 4.78 Å². The lowest BCUT2D eigenvalue weighted by atomic mass is 10.2. The van der Waals surface area contributed by atoms with Crippen molar-refractivity contribution >= 4 is 24.9 Å². The smallest absolute Gasteiger partial charge is 0.149 e. The lowest BCUT2D eigenvalue weighted by molar-refractivity contribution is 0.171. The first-order valence-corrected chi connectivity index (χ1v) is 10.5. The van der Waals surface area contributed by atoms with Crippen LogP contribution in [0.15, 0.2) is 53.6 Å². The molecule has 0 fully saturated rings. The summed E-state index contributed by atoms with van der Waals surface area (Å²) in [6.07, 6.45) is 2.46. The maximum absolute atomic E-state index is 9.39. The molecule has 2 unspecified atom stereocenters. The fraction of sp³-hybridized carbons (Fsp3) is 0.278. The van der Waals surface area contributed by atoms with Crippen molar-refractivity contribution in [2.75, 3.05) is 7.05 Å². The standard InChI is InChI=1S/C18H23N2O3PS/c1-4-18(2,23-17-11-9-16(22)10-12-17)24(25)20(3)19-13-14-5-7-15(21)8-6-14/h5-13,21-22,24H,4H2,1-3H3. The molecule has 2 aromatic carbocycles. The van der Waals surface area contributed by atoms with Crippen molar-refractivity contribution in [1.29, 1.82) is 0 Å². The number of benzene rings is 2. The molecule has 0 amide bonds. The summed E-state index contributed by atoms with van der Waals surface area (Å²) >= 11 is 5.75. The number of nitrogens with zero attached hydrogens (tertiary/aromatic N) is 2. The molecular formula is C18H23N2O3PS. The second-order valence-electron chi connectivity index (χ2n) is 5.85. The summed E-state index contributed by atoms with van der Waals surface area (Å²) in [5.74, 6) is 1.09. The molecular weight excluding hydrogens is 355 g/mol. The fourth-order valence-electron chi connectivity index (χ4n) is 2.15. The van der Waals surface area contributed by atoms with E-state index in [2.05, 4.69) is 5.10 Å². The number of hydrazone groups is 1. The van der Waals surface area contributed by atoms with Crippen LogP contribution >= 0.6 is 6.85 Å². The minimum absolute atomic E-state index is 0.199. The van der Waals surface area contributed by atoms with E-state index < -0.39 is 12.2 Å². The quantitative estimate of drug-likeness (QED) is 0.430. The maximum Gasteiger partial charge on any atom is 0.149 e. The van der Waals surface area contributed by atoms with Crippen LogP contribution in [0.5, 0.6) is 17.2 Å². The molecule has 0 bridgehead atoms. The van der Waals surface area contributed by atoms with Gasteiger partial charge in [0.15, 0.2) is 0 Å². The fourth-order valence-corrected chi connectivity index (χ4v) is 4.20. The molecule has 7 heteroatoms. The first-order chi connectivity index (χ1) is 11.8. The molecule has 0 saturated heterocycles. The van der Waals surface area contributed by atoms with Gasteiger partial charge in [0.1, 0.15) is 22.6 Å². The Hall–Kier alpha value is -2.04. The zero-order valence-electron chi connectivity index (χ0n) is 14.5. The van der Waals surface area contributed by atoms with Crippen molar-refractivity contribution in [3.8, 4) is 17.2 Å². The van der Waals surface area contributed by atoms with Crippen LogP contribution < -0.4 is 4.74 Å². The van der Waals surface area contributed by atoms with Crippen molar-refractivity contribution in [3.63, 3.8) is 0 Å². The minimum atomic E-state index is -1.56. The highest BCUT2D eigenvalue weighted by molar-refractivity contribution is 8.04. The van der Waals surface area contributed by atoms with Crippen LogP contribution in [0.2, 0.25) is 0 Å². The van der Waals surface area contributed by atoms with Crippen LogP contribution in [0, 0.1) is 0 Å². The molecule has 0 aliphatic carbocycles. The van der Waals surface area contributed by atoms with Gasteiger partial charge in [-0.25, -0.2) is 0 Å². The van der Waals surface area contributed by atoms with E-state index in [0.717, 1.165) is 12.0 Å². The van der Waals surface area contributed by atoms with Gasteiger partial charge in [-0.1, -0.05) is 18.7 Å². The Balaban J connectivity index is 2.11. The molecule has 2 rings (SSSR count). The van der Waals surface area contributed by atoms with Gasteiger partial charge in [0.25, 0.3) is 0 Å². The third kappa shape index (κ3) is 5.21. The molecule has 5 nitrogen and oxygen atoms in total. The van der Waals surface area contributed by atoms with Crippen molar-refractivity contribution in [2.45, 2.75) is 25.6 Å². The Morgan fingerprint density at radius 3 is 2.16 bits per heavy atom. The van der Waals surface area contributed by atoms with Gasteiger partial charge < -0.3 is 14.9 Å². The van der Waals surface area contributed by atoms with Crippen LogP contribution in [0.3, 0.4) is 0 Å². The van der Waals surface area contributed by atoms with Gasteiger partial charge >= 0.3 is 0 Å². The Morgan fingerprint density at radius 1 is 1.12 bits per heavy atom. The van der Waals surface area contributed by atoms with Crippen molar-refractivity contribution in [1.82, 2.24) is 4.78 Å². The summed E-state index contributed by atoms with van der Waals surface area (Å²) in [4.78, 5) is 0. The number of phenolic OH excluding ortho intramolecular Hbond substituents is 2. The second-order valence-corrected chi connectivity index (χ2v) is 9.32. The number of rotatable bonds is 7. The molecule has 0 aliphatic heterocycles. The third-order valence-electron chi connectivity index (χ3n) is 3.87. The molecule has 25 heavy (non-hydrogen) atoms. The first-order valence-electron chi connectivity index (χ1n) is 7.93. The van der Waals surface area contributed by atoms with Crippen LogP contribution in [0.1, 0.15) is 25.8 Å². The highest BCUT2D eigenvalue weighted by Gasteiger charge is 2.31. The van der Waals surface area contributed by atoms with Gasteiger partial charge in [0.2, 0.25) is 0 Å². The first kappa shape index (κ1) is 19.3. The topological polar surface area (TPSA) is 65.3 Å². The molecule has 2 aromatic rings. The normalized spacial score (nSPS) is 14.8. The van der Waals surface area contributed by atoms with E-state index in [1.807, 2.05) is 20.9 Å². The van der Waals surface area contributed by atoms with E-state index in [1.54, 1.807) is 59.5 Å². The predicted molar refractivity (Wildman–Crippen MR) is 107 cm³/mol. The van der Waals surface area contributed by atoms with Crippen LogP contribution in [-0.4, -0.2) is 33.6 Å². The highest BCUT2D eigenvalue weighted by Crippen LogP contribution is 2.45. The van der Waals surface area contributed by atoms with Crippen molar-refractivity contribution < 1.29 is 14.9 Å². The maximum atomic E-state index is 9.39. The number of aromatic hydroxyl groups is 2. The lowest BCUT2D eigenvalue weighted by Gasteiger charge is -2.34. The SMILES string of the molecule is CCC(C)(Oc1ccc(O)cc1)[PH](=S)N(C)N=Cc1ccc(O)cc1. The number of ether oxygens (including phenoxy) is 1. The van der Waals surface area contributed by atoms with E-state index in [1.165, 1.54) is 0 Å². The monoisotopic (exact) mass is 378 g/mol. The van der Waals surface area contributed by atoms with Gasteiger partial charge in [-0.2, -0.15) is 5.10 Å².